The van der Waals surface area contributed by atoms with Crippen molar-refractivity contribution in [2.45, 2.75) is 64.7 Å². The van der Waals surface area contributed by atoms with E-state index in [2.05, 4.69) is 17.5 Å². The first kappa shape index (κ1) is 22.8. The molecular formula is C21H34N2O4. The lowest BCUT2D eigenvalue weighted by Crippen LogP contribution is -2.17. The molecule has 0 saturated carbocycles. The summed E-state index contributed by atoms with van der Waals surface area (Å²) in [7, 11) is 4.67. The van der Waals surface area contributed by atoms with Crippen molar-refractivity contribution in [1.82, 2.24) is 5.43 Å². The summed E-state index contributed by atoms with van der Waals surface area (Å²) in [6, 6.07) is 3.57. The van der Waals surface area contributed by atoms with Crippen molar-refractivity contribution in [1.29, 1.82) is 0 Å². The Bertz CT molecular complexity index is 588. The summed E-state index contributed by atoms with van der Waals surface area (Å²) in [5.41, 5.74) is 3.27. The van der Waals surface area contributed by atoms with Crippen molar-refractivity contribution in [2.75, 3.05) is 21.3 Å². The summed E-state index contributed by atoms with van der Waals surface area (Å²) in [5, 5.41) is 4.03. The molecule has 27 heavy (non-hydrogen) atoms. The Morgan fingerprint density at radius 1 is 0.926 bits per heavy atom. The van der Waals surface area contributed by atoms with Crippen molar-refractivity contribution in [3.63, 3.8) is 0 Å². The maximum atomic E-state index is 11.9. The lowest BCUT2D eigenvalue weighted by molar-refractivity contribution is -0.121. The van der Waals surface area contributed by atoms with Gasteiger partial charge in [-0.05, 0) is 18.6 Å². The van der Waals surface area contributed by atoms with Gasteiger partial charge in [-0.1, -0.05) is 51.9 Å². The lowest BCUT2D eigenvalue weighted by atomic mass is 10.1. The van der Waals surface area contributed by atoms with E-state index in [-0.39, 0.29) is 5.91 Å². The van der Waals surface area contributed by atoms with Crippen LogP contribution in [0.4, 0.5) is 0 Å². The molecule has 1 aromatic rings. The topological polar surface area (TPSA) is 69.2 Å². The summed E-state index contributed by atoms with van der Waals surface area (Å²) in [4.78, 5) is 11.9. The van der Waals surface area contributed by atoms with Crippen LogP contribution >= 0.6 is 0 Å². The van der Waals surface area contributed by atoms with Gasteiger partial charge in [-0.15, -0.1) is 0 Å². The van der Waals surface area contributed by atoms with Gasteiger partial charge in [-0.25, -0.2) is 5.43 Å². The Morgan fingerprint density at radius 2 is 1.56 bits per heavy atom. The number of hydrazone groups is 1. The minimum Gasteiger partial charge on any atom is -0.493 e. The van der Waals surface area contributed by atoms with Crippen molar-refractivity contribution < 1.29 is 19.0 Å². The van der Waals surface area contributed by atoms with Crippen molar-refractivity contribution in [3.8, 4) is 17.2 Å². The highest BCUT2D eigenvalue weighted by Crippen LogP contribution is 2.38. The first-order valence-electron chi connectivity index (χ1n) is 9.78. The van der Waals surface area contributed by atoms with Gasteiger partial charge in [0.25, 0.3) is 0 Å². The van der Waals surface area contributed by atoms with Gasteiger partial charge in [0.05, 0.1) is 27.5 Å². The second kappa shape index (κ2) is 13.9. The van der Waals surface area contributed by atoms with Crippen LogP contribution in [-0.2, 0) is 4.79 Å². The molecule has 0 heterocycles. The van der Waals surface area contributed by atoms with E-state index in [1.54, 1.807) is 39.7 Å². The number of carbonyl (C=O) groups is 1. The van der Waals surface area contributed by atoms with Gasteiger partial charge in [0.15, 0.2) is 11.5 Å². The van der Waals surface area contributed by atoms with Crippen LogP contribution in [0.3, 0.4) is 0 Å². The van der Waals surface area contributed by atoms with Crippen LogP contribution in [-0.4, -0.2) is 33.5 Å². The number of carbonyl (C=O) groups excluding carboxylic acids is 1. The number of unbranched alkanes of at least 4 members (excludes halogenated alkanes) is 7. The normalized spacial score (nSPS) is 10.8. The van der Waals surface area contributed by atoms with Crippen LogP contribution in [0, 0.1) is 0 Å². The fourth-order valence-electron chi connectivity index (χ4n) is 2.88. The van der Waals surface area contributed by atoms with E-state index in [1.807, 2.05) is 0 Å². The Balaban J connectivity index is 2.38. The molecule has 152 valence electrons. The first-order valence-corrected chi connectivity index (χ1v) is 9.78. The van der Waals surface area contributed by atoms with Gasteiger partial charge in [0, 0.05) is 12.0 Å². The molecular weight excluding hydrogens is 344 g/mol. The second-order valence-electron chi connectivity index (χ2n) is 6.44. The molecule has 0 aliphatic rings. The number of ether oxygens (including phenoxy) is 3. The minimum atomic E-state index is -0.0725. The summed E-state index contributed by atoms with van der Waals surface area (Å²) in [5.74, 6) is 1.51. The fraction of sp³-hybridized carbons (Fsp3) is 0.619. The molecule has 0 fully saturated rings. The Hall–Kier alpha value is -2.24. The van der Waals surface area contributed by atoms with E-state index >= 15 is 0 Å². The zero-order valence-corrected chi connectivity index (χ0v) is 17.2. The molecule has 0 aliphatic carbocycles. The Morgan fingerprint density at radius 3 is 2.15 bits per heavy atom. The quantitative estimate of drug-likeness (QED) is 0.290. The molecule has 0 saturated heterocycles. The Kier molecular flexibility index (Phi) is 11.7. The predicted molar refractivity (Wildman–Crippen MR) is 109 cm³/mol. The van der Waals surface area contributed by atoms with Crippen LogP contribution in [0.15, 0.2) is 17.2 Å². The van der Waals surface area contributed by atoms with E-state index in [4.69, 9.17) is 14.2 Å². The van der Waals surface area contributed by atoms with Crippen LogP contribution in [0.2, 0.25) is 0 Å². The number of benzene rings is 1. The maximum absolute atomic E-state index is 11.9. The highest BCUT2D eigenvalue weighted by Gasteiger charge is 2.14. The van der Waals surface area contributed by atoms with Crippen molar-refractivity contribution >= 4 is 12.1 Å². The number of hydrogen-bond acceptors (Lipinski definition) is 5. The molecule has 1 N–H and O–H groups in total. The fourth-order valence-corrected chi connectivity index (χ4v) is 2.88. The first-order chi connectivity index (χ1) is 13.2. The summed E-state index contributed by atoms with van der Waals surface area (Å²) in [6.07, 6.45) is 11.7. The third-order valence-corrected chi connectivity index (χ3v) is 4.38. The van der Waals surface area contributed by atoms with Crippen molar-refractivity contribution in [2.24, 2.45) is 5.10 Å². The molecule has 0 radical (unpaired) electrons. The van der Waals surface area contributed by atoms with Gasteiger partial charge in [-0.3, -0.25) is 4.79 Å². The number of methoxy groups -OCH3 is 3. The van der Waals surface area contributed by atoms with Crippen LogP contribution in [0.5, 0.6) is 17.2 Å². The van der Waals surface area contributed by atoms with Crippen molar-refractivity contribution in [3.05, 3.63) is 17.7 Å². The van der Waals surface area contributed by atoms with Gasteiger partial charge >= 0.3 is 0 Å². The summed E-state index contributed by atoms with van der Waals surface area (Å²) < 4.78 is 16.0. The zero-order valence-electron chi connectivity index (χ0n) is 17.2. The minimum absolute atomic E-state index is 0.0725. The number of nitrogens with zero attached hydrogens (tertiary/aromatic N) is 1. The average Bonchev–Trinajstić information content (AvgIpc) is 2.69. The Labute approximate surface area is 163 Å². The molecule has 0 aromatic heterocycles. The second-order valence-corrected chi connectivity index (χ2v) is 6.44. The molecule has 0 aliphatic heterocycles. The van der Waals surface area contributed by atoms with Gasteiger partial charge in [0.1, 0.15) is 0 Å². The summed E-state index contributed by atoms with van der Waals surface area (Å²) in [6.45, 7) is 2.22. The monoisotopic (exact) mass is 378 g/mol. The molecule has 6 heteroatoms. The number of amides is 1. The van der Waals surface area contributed by atoms with Gasteiger partial charge in [0.2, 0.25) is 11.7 Å². The molecule has 0 atom stereocenters. The average molecular weight is 379 g/mol. The highest BCUT2D eigenvalue weighted by molar-refractivity contribution is 5.87. The lowest BCUT2D eigenvalue weighted by Gasteiger charge is -2.13. The van der Waals surface area contributed by atoms with E-state index < -0.39 is 0 Å². The van der Waals surface area contributed by atoms with Gasteiger partial charge in [-0.2, -0.15) is 5.10 Å². The SMILES string of the molecule is CCCCCCCCCCC(=O)N/N=C/c1ccc(OC)c(OC)c1OC. The molecule has 0 bridgehead atoms. The van der Waals surface area contributed by atoms with E-state index in [9.17, 15) is 4.79 Å². The molecule has 1 amide bonds. The summed E-state index contributed by atoms with van der Waals surface area (Å²) >= 11 is 0. The number of nitrogens with one attached hydrogen (secondary N) is 1. The third-order valence-electron chi connectivity index (χ3n) is 4.38. The third kappa shape index (κ3) is 8.33. The molecule has 0 spiro atoms. The highest BCUT2D eigenvalue weighted by atomic mass is 16.5. The van der Waals surface area contributed by atoms with E-state index in [1.165, 1.54) is 38.5 Å². The van der Waals surface area contributed by atoms with E-state index in [0.29, 0.717) is 29.2 Å². The smallest absolute Gasteiger partial charge is 0.240 e. The maximum Gasteiger partial charge on any atom is 0.240 e. The molecule has 1 aromatic carbocycles. The van der Waals surface area contributed by atoms with Gasteiger partial charge < -0.3 is 14.2 Å². The van der Waals surface area contributed by atoms with Crippen LogP contribution < -0.4 is 19.6 Å². The number of rotatable bonds is 14. The van der Waals surface area contributed by atoms with E-state index in [0.717, 1.165) is 12.8 Å². The molecule has 0 unspecified atom stereocenters. The largest absolute Gasteiger partial charge is 0.493 e. The standard InChI is InChI=1S/C21H34N2O4/c1-5-6-7-8-9-10-11-12-13-19(24)23-22-16-17-14-15-18(25-2)21(27-4)20(17)26-3/h14-16H,5-13H2,1-4H3,(H,23,24)/b22-16+. The predicted octanol–water partition coefficient (Wildman–Crippen LogP) is 4.69. The number of hydrogen-bond donors (Lipinski definition) is 1. The van der Waals surface area contributed by atoms with Crippen LogP contribution in [0.1, 0.15) is 70.3 Å². The molecule has 6 nitrogen and oxygen atoms in total. The zero-order chi connectivity index (χ0) is 19.9. The van der Waals surface area contributed by atoms with Crippen LogP contribution in [0.25, 0.3) is 0 Å². The molecule has 1 rings (SSSR count).